The van der Waals surface area contributed by atoms with Gasteiger partial charge in [0.1, 0.15) is 0 Å². The summed E-state index contributed by atoms with van der Waals surface area (Å²) in [6.45, 7) is 2.41. The van der Waals surface area contributed by atoms with E-state index in [1.54, 1.807) is 0 Å². The van der Waals surface area contributed by atoms with Gasteiger partial charge < -0.3 is 14.7 Å². The lowest BCUT2D eigenvalue weighted by Crippen LogP contribution is -2.56. The number of aliphatic carboxylic acids is 1. The molecule has 0 aromatic carbocycles. The van der Waals surface area contributed by atoms with E-state index in [2.05, 4.69) is 4.74 Å². The van der Waals surface area contributed by atoms with Gasteiger partial charge in [0.15, 0.2) is 0 Å². The molecule has 0 radical (unpaired) electrons. The van der Waals surface area contributed by atoms with Crippen LogP contribution in [-0.4, -0.2) is 41.8 Å². The minimum atomic E-state index is -0.842. The zero-order chi connectivity index (χ0) is 10.7. The van der Waals surface area contributed by atoms with Crippen LogP contribution in [-0.2, 0) is 9.53 Å². The van der Waals surface area contributed by atoms with Crippen molar-refractivity contribution >= 4 is 12.1 Å². The van der Waals surface area contributed by atoms with E-state index in [0.29, 0.717) is 13.0 Å². The van der Waals surface area contributed by atoms with Crippen LogP contribution in [0.1, 0.15) is 19.8 Å². The molecule has 1 saturated heterocycles. The predicted octanol–water partition coefficient (Wildman–Crippen LogP) is 0.938. The lowest BCUT2D eigenvalue weighted by atomic mass is 9.88. The Bertz CT molecular complexity index is 241. The van der Waals surface area contributed by atoms with Gasteiger partial charge in [-0.05, 0) is 12.8 Å². The number of likely N-dealkylation sites (tertiary alicyclic amines) is 1. The molecule has 0 aromatic heterocycles. The average Bonchev–Trinajstić information content (AvgIpc) is 2.10. The number of hydrogen-bond donors (Lipinski definition) is 1. The molecule has 0 bridgehead atoms. The molecule has 1 N–H and O–H groups in total. The largest absolute Gasteiger partial charge is 0.481 e. The second kappa shape index (κ2) is 4.30. The summed E-state index contributed by atoms with van der Waals surface area (Å²) in [6, 6.07) is -0.190. The summed E-state index contributed by atoms with van der Waals surface area (Å²) in [7, 11) is 1.30. The maximum atomic E-state index is 11.2. The zero-order valence-electron chi connectivity index (χ0n) is 8.40. The van der Waals surface area contributed by atoms with Crippen LogP contribution < -0.4 is 0 Å². The Kier molecular flexibility index (Phi) is 3.33. The maximum Gasteiger partial charge on any atom is 0.409 e. The van der Waals surface area contributed by atoms with Gasteiger partial charge in [0, 0.05) is 6.54 Å². The normalized spacial score (nSPS) is 22.4. The van der Waals surface area contributed by atoms with Gasteiger partial charge >= 0.3 is 12.1 Å². The Hall–Kier alpha value is -1.26. The molecular weight excluding hydrogens is 186 g/mol. The number of ether oxygens (including phenoxy) is 1. The molecule has 14 heavy (non-hydrogen) atoms. The molecule has 1 fully saturated rings. The lowest BCUT2D eigenvalue weighted by Gasteiger charge is -2.42. The maximum absolute atomic E-state index is 11.2. The van der Waals surface area contributed by atoms with Crippen molar-refractivity contribution in [2.24, 2.45) is 5.92 Å². The number of rotatable bonds is 3. The Balaban J connectivity index is 2.60. The van der Waals surface area contributed by atoms with Gasteiger partial charge in [0.05, 0.1) is 19.1 Å². The van der Waals surface area contributed by atoms with Crippen LogP contribution in [0.5, 0.6) is 0 Å². The summed E-state index contributed by atoms with van der Waals surface area (Å²) in [4.78, 5) is 23.5. The van der Waals surface area contributed by atoms with E-state index < -0.39 is 18.0 Å². The standard InChI is InChI=1S/C9H15NO4/c1-3-6(8(11)12)7-4-5-10(7)9(13)14-2/h6-7H,3-5H2,1-2H3,(H,11,12). The quantitative estimate of drug-likeness (QED) is 0.737. The van der Waals surface area contributed by atoms with Gasteiger partial charge in [0.25, 0.3) is 0 Å². The number of hydrogen-bond acceptors (Lipinski definition) is 3. The molecular formula is C9H15NO4. The van der Waals surface area contributed by atoms with Crippen LogP contribution in [0, 0.1) is 5.92 Å². The Morgan fingerprint density at radius 1 is 1.64 bits per heavy atom. The average molecular weight is 201 g/mol. The third kappa shape index (κ3) is 1.81. The van der Waals surface area contributed by atoms with Crippen molar-refractivity contribution in [3.05, 3.63) is 0 Å². The third-order valence-electron chi connectivity index (χ3n) is 2.70. The minimum Gasteiger partial charge on any atom is -0.481 e. The van der Waals surface area contributed by atoms with Gasteiger partial charge in [0.2, 0.25) is 0 Å². The highest BCUT2D eigenvalue weighted by Gasteiger charge is 2.40. The summed E-state index contributed by atoms with van der Waals surface area (Å²) in [5, 5.41) is 8.90. The first kappa shape index (κ1) is 10.8. The van der Waals surface area contributed by atoms with Crippen LogP contribution in [0.25, 0.3) is 0 Å². The fourth-order valence-corrected chi connectivity index (χ4v) is 1.78. The van der Waals surface area contributed by atoms with Crippen LogP contribution in [0.15, 0.2) is 0 Å². The van der Waals surface area contributed by atoms with E-state index in [9.17, 15) is 9.59 Å². The molecule has 1 amide bonds. The van der Waals surface area contributed by atoms with Crippen molar-refractivity contribution in [3.8, 4) is 0 Å². The van der Waals surface area contributed by atoms with E-state index in [4.69, 9.17) is 5.11 Å². The van der Waals surface area contributed by atoms with E-state index in [1.807, 2.05) is 6.92 Å². The highest BCUT2D eigenvalue weighted by atomic mass is 16.5. The summed E-state index contributed by atoms with van der Waals surface area (Å²) in [5.74, 6) is -1.31. The van der Waals surface area contributed by atoms with Crippen molar-refractivity contribution in [2.75, 3.05) is 13.7 Å². The van der Waals surface area contributed by atoms with Gasteiger partial charge in [-0.3, -0.25) is 4.79 Å². The Morgan fingerprint density at radius 3 is 2.57 bits per heavy atom. The van der Waals surface area contributed by atoms with Crippen molar-refractivity contribution in [3.63, 3.8) is 0 Å². The number of carboxylic acid groups (broad SMARTS) is 1. The minimum absolute atomic E-state index is 0.190. The fourth-order valence-electron chi connectivity index (χ4n) is 1.78. The third-order valence-corrected chi connectivity index (χ3v) is 2.70. The first-order chi connectivity index (χ1) is 6.61. The molecule has 1 aliphatic rings. The van der Waals surface area contributed by atoms with Gasteiger partial charge in [-0.25, -0.2) is 4.79 Å². The predicted molar refractivity (Wildman–Crippen MR) is 48.9 cm³/mol. The number of carbonyl (C=O) groups is 2. The van der Waals surface area contributed by atoms with Crippen molar-refractivity contribution < 1.29 is 19.4 Å². The van der Waals surface area contributed by atoms with Crippen LogP contribution in [0.4, 0.5) is 4.79 Å². The molecule has 0 aromatic rings. The van der Waals surface area contributed by atoms with E-state index in [1.165, 1.54) is 12.0 Å². The molecule has 0 aliphatic carbocycles. The second-order valence-electron chi connectivity index (χ2n) is 3.37. The Morgan fingerprint density at radius 2 is 2.29 bits per heavy atom. The van der Waals surface area contributed by atoms with Gasteiger partial charge in [-0.1, -0.05) is 6.92 Å². The smallest absolute Gasteiger partial charge is 0.409 e. The molecule has 80 valence electrons. The van der Waals surface area contributed by atoms with Crippen LogP contribution in [0.2, 0.25) is 0 Å². The molecule has 2 unspecified atom stereocenters. The van der Waals surface area contributed by atoms with E-state index >= 15 is 0 Å². The first-order valence-corrected chi connectivity index (χ1v) is 4.69. The monoisotopic (exact) mass is 201 g/mol. The van der Waals surface area contributed by atoms with Gasteiger partial charge in [-0.2, -0.15) is 0 Å². The number of amides is 1. The molecule has 2 atom stereocenters. The highest BCUT2D eigenvalue weighted by molar-refractivity contribution is 5.74. The SMILES string of the molecule is CCC(C(=O)O)C1CCN1C(=O)OC. The molecule has 5 nitrogen and oxygen atoms in total. The number of carboxylic acids is 1. The summed E-state index contributed by atoms with van der Waals surface area (Å²) in [6.07, 6.45) is 0.855. The molecule has 1 rings (SSSR count). The van der Waals surface area contributed by atoms with Crippen LogP contribution in [0.3, 0.4) is 0 Å². The van der Waals surface area contributed by atoms with E-state index in [0.717, 1.165) is 6.42 Å². The Labute approximate surface area is 82.6 Å². The molecule has 0 saturated carbocycles. The number of methoxy groups -OCH3 is 1. The second-order valence-corrected chi connectivity index (χ2v) is 3.37. The lowest BCUT2D eigenvalue weighted by molar-refractivity contribution is -0.145. The van der Waals surface area contributed by atoms with Crippen molar-refractivity contribution in [2.45, 2.75) is 25.8 Å². The molecule has 1 heterocycles. The van der Waals surface area contributed by atoms with Gasteiger partial charge in [-0.15, -0.1) is 0 Å². The van der Waals surface area contributed by atoms with E-state index in [-0.39, 0.29) is 6.04 Å². The van der Waals surface area contributed by atoms with Crippen molar-refractivity contribution in [1.29, 1.82) is 0 Å². The summed E-state index contributed by atoms with van der Waals surface area (Å²) < 4.78 is 4.55. The topological polar surface area (TPSA) is 66.8 Å². The number of nitrogens with zero attached hydrogens (tertiary/aromatic N) is 1. The molecule has 0 spiro atoms. The van der Waals surface area contributed by atoms with Crippen LogP contribution >= 0.6 is 0 Å². The highest BCUT2D eigenvalue weighted by Crippen LogP contribution is 2.27. The summed E-state index contributed by atoms with van der Waals surface area (Å²) >= 11 is 0. The molecule has 5 heteroatoms. The van der Waals surface area contributed by atoms with Crippen molar-refractivity contribution in [1.82, 2.24) is 4.90 Å². The first-order valence-electron chi connectivity index (χ1n) is 4.69. The number of carbonyl (C=O) groups excluding carboxylic acids is 1. The summed E-state index contributed by atoms with van der Waals surface area (Å²) in [5.41, 5.74) is 0. The molecule has 1 aliphatic heterocycles. The fraction of sp³-hybridized carbons (Fsp3) is 0.778. The zero-order valence-corrected chi connectivity index (χ0v) is 8.40.